The molecule has 5 rings (SSSR count). The molecule has 1 aromatic carbocycles. The number of carbonyl (C=O) groups excluding carboxylic acids is 1. The van der Waals surface area contributed by atoms with Crippen LogP contribution in [0.5, 0.6) is 0 Å². The van der Waals surface area contributed by atoms with E-state index in [4.69, 9.17) is 4.74 Å². The molecule has 0 radical (unpaired) electrons. The normalized spacial score (nSPS) is 30.8. The van der Waals surface area contributed by atoms with Crippen LogP contribution in [0, 0.1) is 23.7 Å². The van der Waals surface area contributed by atoms with Gasteiger partial charge in [-0.2, -0.15) is 0 Å². The monoisotopic (exact) mass is 358 g/mol. The lowest BCUT2D eigenvalue weighted by Gasteiger charge is -2.45. The molecule has 26 heavy (non-hydrogen) atoms. The summed E-state index contributed by atoms with van der Waals surface area (Å²) in [5.41, 5.74) is 1.85. The van der Waals surface area contributed by atoms with Crippen molar-refractivity contribution in [3.05, 3.63) is 24.3 Å². The van der Waals surface area contributed by atoms with Gasteiger partial charge in [-0.25, -0.2) is 0 Å². The SMILES string of the molecule is O=C(Nc1ccc(N2CCOCC2)cc1)[C@@H]1C2CCC(CC2)[C@@H]1C(=O)O. The van der Waals surface area contributed by atoms with Gasteiger partial charge in [-0.15, -0.1) is 0 Å². The van der Waals surface area contributed by atoms with E-state index in [1.807, 2.05) is 24.3 Å². The molecule has 6 heteroatoms. The molecule has 0 spiro atoms. The smallest absolute Gasteiger partial charge is 0.307 e. The number of carboxylic acid groups (broad SMARTS) is 1. The van der Waals surface area contributed by atoms with Gasteiger partial charge >= 0.3 is 5.97 Å². The van der Waals surface area contributed by atoms with Gasteiger partial charge < -0.3 is 20.1 Å². The minimum Gasteiger partial charge on any atom is -0.481 e. The second kappa shape index (κ2) is 7.27. The van der Waals surface area contributed by atoms with Crippen molar-refractivity contribution in [2.75, 3.05) is 36.5 Å². The molecule has 1 aromatic rings. The van der Waals surface area contributed by atoms with Gasteiger partial charge in [0, 0.05) is 24.5 Å². The van der Waals surface area contributed by atoms with E-state index in [0.29, 0.717) is 0 Å². The van der Waals surface area contributed by atoms with Crippen LogP contribution in [0.4, 0.5) is 11.4 Å². The second-order valence-corrected chi connectivity index (χ2v) is 7.70. The van der Waals surface area contributed by atoms with Gasteiger partial charge in [-0.1, -0.05) is 0 Å². The third-order valence-electron chi connectivity index (χ3n) is 6.32. The lowest BCUT2D eigenvalue weighted by Crippen LogP contribution is -2.49. The van der Waals surface area contributed by atoms with Gasteiger partial charge in [-0.3, -0.25) is 9.59 Å². The fraction of sp³-hybridized carbons (Fsp3) is 0.600. The lowest BCUT2D eigenvalue weighted by atomic mass is 9.58. The van der Waals surface area contributed by atoms with Gasteiger partial charge in [-0.05, 0) is 61.8 Å². The number of carbonyl (C=O) groups is 2. The number of aliphatic carboxylic acids is 1. The number of anilines is 2. The first-order valence-electron chi connectivity index (χ1n) is 9.60. The first kappa shape index (κ1) is 17.3. The summed E-state index contributed by atoms with van der Waals surface area (Å²) in [7, 11) is 0. The van der Waals surface area contributed by atoms with Crippen molar-refractivity contribution in [3.8, 4) is 0 Å². The second-order valence-electron chi connectivity index (χ2n) is 7.70. The molecule has 2 bridgehead atoms. The summed E-state index contributed by atoms with van der Waals surface area (Å²) < 4.78 is 5.37. The molecule has 0 unspecified atom stereocenters. The van der Waals surface area contributed by atoms with Crippen LogP contribution in [-0.4, -0.2) is 43.3 Å². The summed E-state index contributed by atoms with van der Waals surface area (Å²) >= 11 is 0. The number of benzene rings is 1. The van der Waals surface area contributed by atoms with E-state index in [1.165, 1.54) is 0 Å². The number of fused-ring (bicyclic) bond motifs is 3. The van der Waals surface area contributed by atoms with Gasteiger partial charge in [0.05, 0.1) is 25.0 Å². The number of hydrogen-bond acceptors (Lipinski definition) is 4. The summed E-state index contributed by atoms with van der Waals surface area (Å²) in [6.45, 7) is 3.22. The fourth-order valence-electron chi connectivity index (χ4n) is 4.98. The molecule has 2 atom stereocenters. The summed E-state index contributed by atoms with van der Waals surface area (Å²) in [6.07, 6.45) is 3.84. The van der Waals surface area contributed by atoms with Crippen molar-refractivity contribution in [1.82, 2.24) is 0 Å². The van der Waals surface area contributed by atoms with Crippen LogP contribution in [0.1, 0.15) is 25.7 Å². The van der Waals surface area contributed by atoms with Crippen LogP contribution in [0.3, 0.4) is 0 Å². The third kappa shape index (κ3) is 3.30. The lowest BCUT2D eigenvalue weighted by molar-refractivity contribution is -0.156. The fourth-order valence-corrected chi connectivity index (χ4v) is 4.98. The highest BCUT2D eigenvalue weighted by atomic mass is 16.5. The van der Waals surface area contributed by atoms with E-state index in [1.54, 1.807) is 0 Å². The minimum absolute atomic E-state index is 0.133. The maximum atomic E-state index is 12.9. The third-order valence-corrected chi connectivity index (χ3v) is 6.32. The maximum Gasteiger partial charge on any atom is 0.307 e. The molecule has 6 nitrogen and oxygen atoms in total. The van der Waals surface area contributed by atoms with Crippen LogP contribution in [0.2, 0.25) is 0 Å². The topological polar surface area (TPSA) is 78.9 Å². The molecular formula is C20H26N2O4. The number of rotatable bonds is 4. The molecule has 2 N–H and O–H groups in total. The van der Waals surface area contributed by atoms with Gasteiger partial charge in [0.25, 0.3) is 0 Å². The van der Waals surface area contributed by atoms with Crippen molar-refractivity contribution in [2.45, 2.75) is 25.7 Å². The first-order valence-corrected chi connectivity index (χ1v) is 9.60. The molecule has 1 saturated heterocycles. The predicted octanol–water partition coefficient (Wildman–Crippen LogP) is 2.60. The number of amides is 1. The number of hydrogen-bond donors (Lipinski definition) is 2. The highest BCUT2D eigenvalue weighted by Gasteiger charge is 2.50. The molecule has 3 aliphatic carbocycles. The number of morpholine rings is 1. The molecular weight excluding hydrogens is 332 g/mol. The van der Waals surface area contributed by atoms with E-state index in [9.17, 15) is 14.7 Å². The Balaban J connectivity index is 1.44. The summed E-state index contributed by atoms with van der Waals surface area (Å²) in [5, 5.41) is 12.6. The molecule has 3 saturated carbocycles. The molecule has 1 aliphatic heterocycles. The van der Waals surface area contributed by atoms with Crippen molar-refractivity contribution in [3.63, 3.8) is 0 Å². The van der Waals surface area contributed by atoms with E-state index < -0.39 is 17.8 Å². The Labute approximate surface area is 153 Å². The predicted molar refractivity (Wildman–Crippen MR) is 98.2 cm³/mol. The van der Waals surface area contributed by atoms with Gasteiger partial charge in [0.2, 0.25) is 5.91 Å². The molecule has 4 aliphatic rings. The average Bonchev–Trinajstić information content (AvgIpc) is 2.69. The van der Waals surface area contributed by atoms with Crippen LogP contribution in [0.25, 0.3) is 0 Å². The summed E-state index contributed by atoms with van der Waals surface area (Å²) in [6, 6.07) is 7.81. The van der Waals surface area contributed by atoms with E-state index in [-0.39, 0.29) is 17.7 Å². The van der Waals surface area contributed by atoms with Crippen LogP contribution in [0.15, 0.2) is 24.3 Å². The highest BCUT2D eigenvalue weighted by molar-refractivity contribution is 5.95. The summed E-state index contributed by atoms with van der Waals surface area (Å²) in [4.78, 5) is 26.9. The number of nitrogens with one attached hydrogen (secondary N) is 1. The van der Waals surface area contributed by atoms with Crippen molar-refractivity contribution < 1.29 is 19.4 Å². The van der Waals surface area contributed by atoms with Crippen molar-refractivity contribution in [2.24, 2.45) is 23.7 Å². The molecule has 140 valence electrons. The number of carboxylic acids is 1. The molecule has 1 amide bonds. The Bertz CT molecular complexity index is 661. The van der Waals surface area contributed by atoms with E-state index in [0.717, 1.165) is 63.4 Å². The van der Waals surface area contributed by atoms with E-state index in [2.05, 4.69) is 10.2 Å². The minimum atomic E-state index is -0.817. The zero-order chi connectivity index (χ0) is 18.1. The Kier molecular flexibility index (Phi) is 4.85. The zero-order valence-electron chi connectivity index (χ0n) is 14.9. The first-order chi connectivity index (χ1) is 12.6. The summed E-state index contributed by atoms with van der Waals surface area (Å²) in [5.74, 6) is -1.53. The highest BCUT2D eigenvalue weighted by Crippen LogP contribution is 2.49. The standard InChI is InChI=1S/C20H26N2O4/c23-19(17-13-1-3-14(4-2-13)18(17)20(24)25)21-15-5-7-16(8-6-15)22-9-11-26-12-10-22/h5-8,13-14,17-18H,1-4,9-12H2,(H,21,23)(H,24,25)/t13?,14?,17-,18+/m1/s1. The Hall–Kier alpha value is -2.08. The Morgan fingerprint density at radius 1 is 0.962 bits per heavy atom. The van der Waals surface area contributed by atoms with Crippen molar-refractivity contribution >= 4 is 23.3 Å². The van der Waals surface area contributed by atoms with Crippen LogP contribution < -0.4 is 10.2 Å². The maximum absolute atomic E-state index is 12.9. The molecule has 1 heterocycles. The Morgan fingerprint density at radius 2 is 1.54 bits per heavy atom. The van der Waals surface area contributed by atoms with E-state index >= 15 is 0 Å². The van der Waals surface area contributed by atoms with Crippen LogP contribution >= 0.6 is 0 Å². The average molecular weight is 358 g/mol. The quantitative estimate of drug-likeness (QED) is 0.865. The number of ether oxygens (including phenoxy) is 1. The van der Waals surface area contributed by atoms with Gasteiger partial charge in [0.15, 0.2) is 0 Å². The number of nitrogens with zero attached hydrogens (tertiary/aromatic N) is 1. The van der Waals surface area contributed by atoms with Crippen LogP contribution in [-0.2, 0) is 14.3 Å². The largest absolute Gasteiger partial charge is 0.481 e. The zero-order valence-corrected chi connectivity index (χ0v) is 14.9. The molecule has 4 fully saturated rings. The van der Waals surface area contributed by atoms with Crippen molar-refractivity contribution in [1.29, 1.82) is 0 Å². The molecule has 0 aromatic heterocycles. The van der Waals surface area contributed by atoms with Gasteiger partial charge in [0.1, 0.15) is 0 Å². The Morgan fingerprint density at radius 3 is 2.12 bits per heavy atom.